The van der Waals surface area contributed by atoms with E-state index >= 15 is 0 Å². The van der Waals surface area contributed by atoms with Crippen molar-refractivity contribution in [3.05, 3.63) is 36.3 Å². The average molecular weight is 233 g/mol. The SMILES string of the molecule is CCCCCCCn1ccc2cc(F)ccc21. The standard InChI is InChI=1S/C15H20FN/c1-2-3-4-5-6-10-17-11-9-13-12-14(16)7-8-15(13)17/h7-9,11-12H,2-6,10H2,1H3. The van der Waals surface area contributed by atoms with Gasteiger partial charge in [0.1, 0.15) is 5.82 Å². The number of hydrogen-bond acceptors (Lipinski definition) is 0. The van der Waals surface area contributed by atoms with Crippen LogP contribution in [0.25, 0.3) is 10.9 Å². The Kier molecular flexibility index (Phi) is 4.18. The number of aromatic nitrogens is 1. The molecule has 0 amide bonds. The number of nitrogens with zero attached hydrogens (tertiary/aromatic N) is 1. The summed E-state index contributed by atoms with van der Waals surface area (Å²) in [5.74, 6) is -0.154. The lowest BCUT2D eigenvalue weighted by molar-refractivity contribution is 0.577. The van der Waals surface area contributed by atoms with E-state index in [1.54, 1.807) is 6.07 Å². The summed E-state index contributed by atoms with van der Waals surface area (Å²) in [6.07, 6.45) is 8.49. The fourth-order valence-electron chi connectivity index (χ4n) is 2.25. The Bertz CT molecular complexity index is 473. The second kappa shape index (κ2) is 5.85. The van der Waals surface area contributed by atoms with Crippen LogP contribution in [-0.4, -0.2) is 4.57 Å². The van der Waals surface area contributed by atoms with Crippen LogP contribution in [0.1, 0.15) is 39.0 Å². The molecule has 92 valence electrons. The third-order valence-electron chi connectivity index (χ3n) is 3.24. The molecule has 0 bridgehead atoms. The monoisotopic (exact) mass is 233 g/mol. The van der Waals surface area contributed by atoms with Gasteiger partial charge in [-0.05, 0) is 30.7 Å². The molecule has 0 fully saturated rings. The zero-order chi connectivity index (χ0) is 12.1. The van der Waals surface area contributed by atoms with E-state index < -0.39 is 0 Å². The van der Waals surface area contributed by atoms with Gasteiger partial charge in [-0.25, -0.2) is 4.39 Å². The zero-order valence-corrected chi connectivity index (χ0v) is 10.5. The molecule has 0 radical (unpaired) electrons. The van der Waals surface area contributed by atoms with Crippen LogP contribution >= 0.6 is 0 Å². The summed E-state index contributed by atoms with van der Waals surface area (Å²) in [5.41, 5.74) is 1.14. The maximum Gasteiger partial charge on any atom is 0.123 e. The molecule has 2 rings (SSSR count). The molecule has 1 nitrogen and oxygen atoms in total. The average Bonchev–Trinajstić information content (AvgIpc) is 2.71. The molecule has 0 aliphatic heterocycles. The highest BCUT2D eigenvalue weighted by Gasteiger charge is 2.01. The Labute approximate surface area is 102 Å². The Morgan fingerprint density at radius 2 is 1.88 bits per heavy atom. The molecule has 1 aromatic heterocycles. The van der Waals surface area contributed by atoms with Crippen LogP contribution in [0.5, 0.6) is 0 Å². The molecule has 17 heavy (non-hydrogen) atoms. The van der Waals surface area contributed by atoms with E-state index in [2.05, 4.69) is 17.7 Å². The summed E-state index contributed by atoms with van der Waals surface area (Å²) in [4.78, 5) is 0. The fourth-order valence-corrected chi connectivity index (χ4v) is 2.25. The van der Waals surface area contributed by atoms with Crippen LogP contribution < -0.4 is 0 Å². The molecule has 0 spiro atoms. The highest BCUT2D eigenvalue weighted by Crippen LogP contribution is 2.18. The van der Waals surface area contributed by atoms with Crippen LogP contribution in [0.3, 0.4) is 0 Å². The van der Waals surface area contributed by atoms with Crippen molar-refractivity contribution in [2.75, 3.05) is 0 Å². The van der Waals surface area contributed by atoms with Crippen LogP contribution in [0.15, 0.2) is 30.5 Å². The molecule has 2 heteroatoms. The molecule has 0 saturated heterocycles. The van der Waals surface area contributed by atoms with Crippen molar-refractivity contribution in [1.82, 2.24) is 4.57 Å². The van der Waals surface area contributed by atoms with Crippen LogP contribution in [0.2, 0.25) is 0 Å². The van der Waals surface area contributed by atoms with E-state index in [0.29, 0.717) is 0 Å². The summed E-state index contributed by atoms with van der Waals surface area (Å²) in [7, 11) is 0. The predicted octanol–water partition coefficient (Wildman–Crippen LogP) is 4.75. The molecular formula is C15H20FN. The van der Waals surface area contributed by atoms with E-state index in [9.17, 15) is 4.39 Å². The Balaban J connectivity index is 1.95. The maximum absolute atomic E-state index is 13.0. The quantitative estimate of drug-likeness (QED) is 0.634. The molecule has 0 aliphatic rings. The second-order valence-corrected chi connectivity index (χ2v) is 4.63. The molecule has 0 N–H and O–H groups in total. The van der Waals surface area contributed by atoms with Gasteiger partial charge in [0.2, 0.25) is 0 Å². The first-order valence-corrected chi connectivity index (χ1v) is 6.55. The van der Waals surface area contributed by atoms with Crippen molar-refractivity contribution in [2.24, 2.45) is 0 Å². The lowest BCUT2D eigenvalue weighted by Crippen LogP contribution is -1.95. The van der Waals surface area contributed by atoms with Crippen molar-refractivity contribution >= 4 is 10.9 Å². The van der Waals surface area contributed by atoms with E-state index in [0.717, 1.165) is 17.4 Å². The number of halogens is 1. The van der Waals surface area contributed by atoms with E-state index in [1.165, 1.54) is 38.2 Å². The number of aryl methyl sites for hydroxylation is 1. The van der Waals surface area contributed by atoms with Gasteiger partial charge in [-0.1, -0.05) is 32.6 Å². The first-order chi connectivity index (χ1) is 8.31. The number of hydrogen-bond donors (Lipinski definition) is 0. The van der Waals surface area contributed by atoms with Gasteiger partial charge in [0, 0.05) is 23.6 Å². The minimum absolute atomic E-state index is 0.154. The predicted molar refractivity (Wildman–Crippen MR) is 70.7 cm³/mol. The summed E-state index contributed by atoms with van der Waals surface area (Å²) in [5, 5.41) is 0.999. The number of unbranched alkanes of at least 4 members (excludes halogenated alkanes) is 4. The normalized spacial score (nSPS) is 11.2. The van der Waals surface area contributed by atoms with Gasteiger partial charge < -0.3 is 4.57 Å². The van der Waals surface area contributed by atoms with Crippen LogP contribution in [0, 0.1) is 5.82 Å². The van der Waals surface area contributed by atoms with Gasteiger partial charge >= 0.3 is 0 Å². The molecule has 1 heterocycles. The van der Waals surface area contributed by atoms with Crippen LogP contribution in [-0.2, 0) is 6.54 Å². The first-order valence-electron chi connectivity index (χ1n) is 6.55. The minimum atomic E-state index is -0.154. The third kappa shape index (κ3) is 3.09. The zero-order valence-electron chi connectivity index (χ0n) is 10.5. The minimum Gasteiger partial charge on any atom is -0.347 e. The fraction of sp³-hybridized carbons (Fsp3) is 0.467. The summed E-state index contributed by atoms with van der Waals surface area (Å²) < 4.78 is 15.3. The molecule has 0 atom stereocenters. The van der Waals surface area contributed by atoms with Crippen molar-refractivity contribution in [3.8, 4) is 0 Å². The second-order valence-electron chi connectivity index (χ2n) is 4.63. The maximum atomic E-state index is 13.0. The molecule has 1 aromatic carbocycles. The van der Waals surface area contributed by atoms with E-state index in [4.69, 9.17) is 0 Å². The highest BCUT2D eigenvalue weighted by atomic mass is 19.1. The van der Waals surface area contributed by atoms with E-state index in [1.807, 2.05) is 12.1 Å². The van der Waals surface area contributed by atoms with Crippen molar-refractivity contribution in [3.63, 3.8) is 0 Å². The Morgan fingerprint density at radius 3 is 2.71 bits per heavy atom. The molecule has 0 unspecified atom stereocenters. The Hall–Kier alpha value is -1.31. The lowest BCUT2D eigenvalue weighted by atomic mass is 10.1. The van der Waals surface area contributed by atoms with Crippen molar-refractivity contribution in [2.45, 2.75) is 45.6 Å². The molecule has 0 aliphatic carbocycles. The van der Waals surface area contributed by atoms with Crippen molar-refractivity contribution in [1.29, 1.82) is 0 Å². The summed E-state index contributed by atoms with van der Waals surface area (Å²) in [6.45, 7) is 3.27. The number of benzene rings is 1. The van der Waals surface area contributed by atoms with Gasteiger partial charge in [-0.3, -0.25) is 0 Å². The van der Waals surface area contributed by atoms with Crippen LogP contribution in [0.4, 0.5) is 4.39 Å². The van der Waals surface area contributed by atoms with Gasteiger partial charge in [0.15, 0.2) is 0 Å². The number of fused-ring (bicyclic) bond motifs is 1. The molecule has 2 aromatic rings. The lowest BCUT2D eigenvalue weighted by Gasteiger charge is -2.05. The Morgan fingerprint density at radius 1 is 1.06 bits per heavy atom. The molecular weight excluding hydrogens is 213 g/mol. The van der Waals surface area contributed by atoms with Crippen molar-refractivity contribution < 1.29 is 4.39 Å². The van der Waals surface area contributed by atoms with Gasteiger partial charge in [0.05, 0.1) is 0 Å². The third-order valence-corrected chi connectivity index (χ3v) is 3.24. The number of rotatable bonds is 6. The smallest absolute Gasteiger partial charge is 0.123 e. The largest absolute Gasteiger partial charge is 0.347 e. The van der Waals surface area contributed by atoms with Gasteiger partial charge in [-0.2, -0.15) is 0 Å². The highest BCUT2D eigenvalue weighted by molar-refractivity contribution is 5.80. The summed E-state index contributed by atoms with van der Waals surface area (Å²) in [6, 6.07) is 7.00. The van der Waals surface area contributed by atoms with Gasteiger partial charge in [0.25, 0.3) is 0 Å². The topological polar surface area (TPSA) is 4.93 Å². The van der Waals surface area contributed by atoms with E-state index in [-0.39, 0.29) is 5.82 Å². The van der Waals surface area contributed by atoms with Gasteiger partial charge in [-0.15, -0.1) is 0 Å². The molecule has 0 saturated carbocycles. The summed E-state index contributed by atoms with van der Waals surface area (Å²) >= 11 is 0. The first kappa shape index (κ1) is 12.2.